The molecule has 1 aromatic carbocycles. The van der Waals surface area contributed by atoms with Gasteiger partial charge in [0.05, 0.1) is 5.60 Å². The molecule has 0 saturated heterocycles. The summed E-state index contributed by atoms with van der Waals surface area (Å²) in [5.41, 5.74) is 0.816. The molecule has 1 rings (SSSR count). The van der Waals surface area contributed by atoms with E-state index < -0.39 is 0 Å². The molecule has 1 aromatic rings. The first-order chi connectivity index (χ1) is 11.9. The van der Waals surface area contributed by atoms with E-state index in [-0.39, 0.29) is 42.0 Å². The third-order valence-corrected chi connectivity index (χ3v) is 3.90. The van der Waals surface area contributed by atoms with Gasteiger partial charge >= 0.3 is 0 Å². The molecule has 0 aromatic heterocycles. The predicted octanol–water partition coefficient (Wildman–Crippen LogP) is 2.63. The second-order valence-corrected chi connectivity index (χ2v) is 6.41. The maximum atomic E-state index is 12.5. The van der Waals surface area contributed by atoms with E-state index in [0.717, 1.165) is 12.1 Å². The molecule has 0 aliphatic heterocycles. The Morgan fingerprint density at radius 1 is 1.19 bits per heavy atom. The number of nitrogens with one attached hydrogen (secondary N) is 2. The summed E-state index contributed by atoms with van der Waals surface area (Å²) < 4.78 is 5.39. The maximum Gasteiger partial charge on any atom is 0.244 e. The average molecular weight is 476 g/mol. The van der Waals surface area contributed by atoms with Crippen LogP contribution in [-0.2, 0) is 16.1 Å². The number of halogens is 1. The van der Waals surface area contributed by atoms with Gasteiger partial charge in [-0.25, -0.2) is 4.99 Å². The molecule has 0 unspecified atom stereocenters. The van der Waals surface area contributed by atoms with Crippen LogP contribution >= 0.6 is 24.0 Å². The van der Waals surface area contributed by atoms with Gasteiger partial charge in [0.2, 0.25) is 5.91 Å². The van der Waals surface area contributed by atoms with Gasteiger partial charge in [-0.2, -0.15) is 0 Å². The highest BCUT2D eigenvalue weighted by Gasteiger charge is 2.17. The van der Waals surface area contributed by atoms with Gasteiger partial charge in [-0.3, -0.25) is 4.79 Å². The Bertz CT molecular complexity index is 550. The van der Waals surface area contributed by atoms with Crippen LogP contribution in [-0.4, -0.2) is 55.7 Å². The van der Waals surface area contributed by atoms with Crippen LogP contribution in [0.4, 0.5) is 0 Å². The first-order valence-electron chi connectivity index (χ1n) is 8.81. The highest BCUT2D eigenvalue weighted by molar-refractivity contribution is 14.0. The zero-order valence-corrected chi connectivity index (χ0v) is 18.9. The number of carbonyl (C=O) groups is 1. The Hall–Kier alpha value is -1.35. The maximum absolute atomic E-state index is 12.5. The SMILES string of the molecule is CCNC(=NCC(=O)N(CC)Cc1ccccc1)NCC(C)(C)OC.I. The van der Waals surface area contributed by atoms with Crippen LogP contribution in [0, 0.1) is 0 Å². The lowest BCUT2D eigenvalue weighted by Crippen LogP contribution is -2.45. The number of guanidine groups is 1. The standard InChI is InChI=1S/C19H32N4O2.HI/c1-6-20-18(22-15-19(3,4)25-5)21-13-17(24)23(7-2)14-16-11-9-8-10-12-16;/h8-12H,6-7,13-15H2,1-5H3,(H2,20,21,22);1H. The number of aliphatic imine (C=N–C) groups is 1. The van der Waals surface area contributed by atoms with Gasteiger partial charge in [0, 0.05) is 33.3 Å². The molecule has 2 N–H and O–H groups in total. The smallest absolute Gasteiger partial charge is 0.244 e. The van der Waals surface area contributed by atoms with Crippen molar-refractivity contribution < 1.29 is 9.53 Å². The van der Waals surface area contributed by atoms with Gasteiger partial charge in [0.1, 0.15) is 6.54 Å². The van der Waals surface area contributed by atoms with Crippen LogP contribution in [0.5, 0.6) is 0 Å². The molecule has 0 aliphatic rings. The number of hydrogen-bond acceptors (Lipinski definition) is 3. The Labute approximate surface area is 174 Å². The fraction of sp³-hybridized carbons (Fsp3) is 0.579. The highest BCUT2D eigenvalue weighted by Crippen LogP contribution is 2.05. The summed E-state index contributed by atoms with van der Waals surface area (Å²) in [5, 5.41) is 6.37. The summed E-state index contributed by atoms with van der Waals surface area (Å²) in [7, 11) is 1.68. The summed E-state index contributed by atoms with van der Waals surface area (Å²) in [6.07, 6.45) is 0. The van der Waals surface area contributed by atoms with E-state index in [4.69, 9.17) is 4.74 Å². The fourth-order valence-corrected chi connectivity index (χ4v) is 2.14. The Morgan fingerprint density at radius 3 is 2.38 bits per heavy atom. The van der Waals surface area contributed by atoms with E-state index in [1.807, 2.05) is 62.9 Å². The van der Waals surface area contributed by atoms with Gasteiger partial charge in [-0.1, -0.05) is 30.3 Å². The summed E-state index contributed by atoms with van der Waals surface area (Å²) in [6, 6.07) is 9.99. The number of benzene rings is 1. The third kappa shape index (κ3) is 9.38. The van der Waals surface area contributed by atoms with Crippen molar-refractivity contribution in [2.75, 3.05) is 33.3 Å². The van der Waals surface area contributed by atoms with Gasteiger partial charge in [-0.15, -0.1) is 24.0 Å². The molecule has 26 heavy (non-hydrogen) atoms. The van der Waals surface area contributed by atoms with Crippen molar-refractivity contribution in [3.05, 3.63) is 35.9 Å². The lowest BCUT2D eigenvalue weighted by Gasteiger charge is -2.24. The molecule has 6 nitrogen and oxygen atoms in total. The molecule has 0 radical (unpaired) electrons. The highest BCUT2D eigenvalue weighted by atomic mass is 127. The number of ether oxygens (including phenoxy) is 1. The van der Waals surface area contributed by atoms with Crippen molar-refractivity contribution in [2.45, 2.75) is 39.8 Å². The minimum Gasteiger partial charge on any atom is -0.377 e. The lowest BCUT2D eigenvalue weighted by atomic mass is 10.1. The topological polar surface area (TPSA) is 66.0 Å². The normalized spacial score (nSPS) is 11.5. The van der Waals surface area contributed by atoms with Gasteiger partial charge in [-0.05, 0) is 33.3 Å². The molecule has 1 amide bonds. The molecule has 0 aliphatic carbocycles. The van der Waals surface area contributed by atoms with Crippen LogP contribution in [0.25, 0.3) is 0 Å². The van der Waals surface area contributed by atoms with E-state index >= 15 is 0 Å². The van der Waals surface area contributed by atoms with Crippen LogP contribution in [0.2, 0.25) is 0 Å². The molecule has 0 bridgehead atoms. The van der Waals surface area contributed by atoms with Gasteiger partial charge in [0.25, 0.3) is 0 Å². The van der Waals surface area contributed by atoms with E-state index in [0.29, 0.717) is 25.6 Å². The predicted molar refractivity (Wildman–Crippen MR) is 118 cm³/mol. The molecule has 0 saturated carbocycles. The molecule has 0 fully saturated rings. The molecule has 0 spiro atoms. The fourth-order valence-electron chi connectivity index (χ4n) is 2.14. The van der Waals surface area contributed by atoms with Crippen molar-refractivity contribution >= 4 is 35.8 Å². The molecular weight excluding hydrogens is 443 g/mol. The van der Waals surface area contributed by atoms with Crippen molar-refractivity contribution in [3.63, 3.8) is 0 Å². The first kappa shape index (κ1) is 24.7. The largest absolute Gasteiger partial charge is 0.377 e. The van der Waals surface area contributed by atoms with E-state index in [2.05, 4.69) is 15.6 Å². The number of methoxy groups -OCH3 is 1. The minimum atomic E-state index is -0.303. The second-order valence-electron chi connectivity index (χ2n) is 6.41. The monoisotopic (exact) mass is 476 g/mol. The zero-order valence-electron chi connectivity index (χ0n) is 16.5. The quantitative estimate of drug-likeness (QED) is 0.327. The van der Waals surface area contributed by atoms with Crippen LogP contribution < -0.4 is 10.6 Å². The average Bonchev–Trinajstić information content (AvgIpc) is 2.62. The summed E-state index contributed by atoms with van der Waals surface area (Å²) in [5.74, 6) is 0.631. The molecule has 0 heterocycles. The summed E-state index contributed by atoms with van der Waals surface area (Å²) in [4.78, 5) is 18.7. The van der Waals surface area contributed by atoms with Gasteiger partial charge in [0.15, 0.2) is 5.96 Å². The lowest BCUT2D eigenvalue weighted by molar-refractivity contribution is -0.130. The van der Waals surface area contributed by atoms with Crippen molar-refractivity contribution in [1.29, 1.82) is 0 Å². The molecular formula is C19H33IN4O2. The third-order valence-electron chi connectivity index (χ3n) is 3.90. The number of rotatable bonds is 9. The number of carbonyl (C=O) groups excluding carboxylic acids is 1. The first-order valence-corrected chi connectivity index (χ1v) is 8.81. The van der Waals surface area contributed by atoms with Gasteiger partial charge < -0.3 is 20.3 Å². The molecule has 148 valence electrons. The molecule has 7 heteroatoms. The van der Waals surface area contributed by atoms with Crippen LogP contribution in [0.1, 0.15) is 33.3 Å². The van der Waals surface area contributed by atoms with E-state index in [9.17, 15) is 4.79 Å². The summed E-state index contributed by atoms with van der Waals surface area (Å²) in [6.45, 7) is 10.7. The van der Waals surface area contributed by atoms with Crippen molar-refractivity contribution in [2.24, 2.45) is 4.99 Å². The van der Waals surface area contributed by atoms with Crippen LogP contribution in [0.3, 0.4) is 0 Å². The minimum absolute atomic E-state index is 0. The Kier molecular flexibility index (Phi) is 12.2. The van der Waals surface area contributed by atoms with Crippen molar-refractivity contribution in [3.8, 4) is 0 Å². The van der Waals surface area contributed by atoms with Crippen LogP contribution in [0.15, 0.2) is 35.3 Å². The van der Waals surface area contributed by atoms with E-state index in [1.165, 1.54) is 0 Å². The van der Waals surface area contributed by atoms with E-state index in [1.54, 1.807) is 7.11 Å². The summed E-state index contributed by atoms with van der Waals surface area (Å²) >= 11 is 0. The Morgan fingerprint density at radius 2 is 1.85 bits per heavy atom. The molecule has 0 atom stereocenters. The number of nitrogens with zero attached hydrogens (tertiary/aromatic N) is 2. The van der Waals surface area contributed by atoms with Crippen molar-refractivity contribution in [1.82, 2.24) is 15.5 Å². The number of amides is 1. The number of hydrogen-bond donors (Lipinski definition) is 2. The number of likely N-dealkylation sites (N-methyl/N-ethyl adjacent to an activating group) is 1. The second kappa shape index (κ2) is 12.9. The Balaban J connectivity index is 0.00000625. The zero-order chi connectivity index (χ0) is 18.7.